The molecule has 4 heteroatoms. The van der Waals surface area contributed by atoms with Gasteiger partial charge >= 0.3 is 5.97 Å². The van der Waals surface area contributed by atoms with Crippen LogP contribution in [0.5, 0.6) is 0 Å². The van der Waals surface area contributed by atoms with Gasteiger partial charge in [-0.1, -0.05) is 15.9 Å². The van der Waals surface area contributed by atoms with E-state index in [-0.39, 0.29) is 5.56 Å². The number of carbonyl (C=O) groups is 1. The number of benzene rings is 1. The molecule has 2 rings (SSSR count). The highest BCUT2D eigenvalue weighted by Gasteiger charge is 2.24. The van der Waals surface area contributed by atoms with E-state index in [2.05, 4.69) is 15.9 Å². The molecule has 0 saturated heterocycles. The molecule has 0 heterocycles. The molecule has 2 nitrogen and oxygen atoms in total. The molecule has 0 bridgehead atoms. The number of carboxylic acids is 1. The molecule has 0 aromatic heterocycles. The van der Waals surface area contributed by atoms with Gasteiger partial charge in [-0.15, -0.1) is 0 Å². The highest BCUT2D eigenvalue weighted by Crippen LogP contribution is 2.33. The van der Waals surface area contributed by atoms with Crippen molar-refractivity contribution >= 4 is 21.9 Å². The molecule has 0 aliphatic heterocycles. The Morgan fingerprint density at radius 3 is 2.71 bits per heavy atom. The van der Waals surface area contributed by atoms with Crippen LogP contribution in [0.4, 0.5) is 4.39 Å². The number of hydrogen-bond acceptors (Lipinski definition) is 1. The monoisotopic (exact) mass is 258 g/mol. The number of fused-ring (bicyclic) bond motifs is 1. The van der Waals surface area contributed by atoms with Crippen molar-refractivity contribution < 1.29 is 14.3 Å². The van der Waals surface area contributed by atoms with Crippen molar-refractivity contribution in [3.8, 4) is 0 Å². The van der Waals surface area contributed by atoms with Crippen LogP contribution in [0.3, 0.4) is 0 Å². The standard InChI is InChI=1S/C10H8BrFO2/c11-7-4-8(12)9(10(13)14)6-3-1-2-5(6)7/h4H,1-3H2,(H,13,14). The third-order valence-corrected chi connectivity index (χ3v) is 3.22. The van der Waals surface area contributed by atoms with E-state index in [1.54, 1.807) is 0 Å². The third-order valence-electron chi connectivity index (χ3n) is 2.51. The molecule has 1 aliphatic rings. The van der Waals surface area contributed by atoms with Gasteiger partial charge < -0.3 is 5.11 Å². The fourth-order valence-electron chi connectivity index (χ4n) is 1.93. The lowest BCUT2D eigenvalue weighted by atomic mass is 10.0. The van der Waals surface area contributed by atoms with E-state index in [4.69, 9.17) is 5.11 Å². The number of rotatable bonds is 1. The van der Waals surface area contributed by atoms with Gasteiger partial charge in [-0.3, -0.25) is 0 Å². The highest BCUT2D eigenvalue weighted by atomic mass is 79.9. The molecule has 1 aromatic rings. The van der Waals surface area contributed by atoms with E-state index in [9.17, 15) is 9.18 Å². The predicted molar refractivity (Wildman–Crippen MR) is 53.1 cm³/mol. The Balaban J connectivity index is 2.72. The van der Waals surface area contributed by atoms with Gasteiger partial charge in [0.1, 0.15) is 5.82 Å². The van der Waals surface area contributed by atoms with E-state index < -0.39 is 11.8 Å². The first-order chi connectivity index (χ1) is 6.61. The maximum absolute atomic E-state index is 13.3. The van der Waals surface area contributed by atoms with Crippen molar-refractivity contribution in [3.05, 3.63) is 33.0 Å². The van der Waals surface area contributed by atoms with Gasteiger partial charge in [0, 0.05) is 4.47 Å². The van der Waals surface area contributed by atoms with Crippen LogP contribution in [0.2, 0.25) is 0 Å². The Labute approximate surface area is 88.9 Å². The zero-order chi connectivity index (χ0) is 10.3. The minimum absolute atomic E-state index is 0.152. The van der Waals surface area contributed by atoms with Gasteiger partial charge in [-0.05, 0) is 36.5 Å². The normalized spacial score (nSPS) is 14.1. The first kappa shape index (κ1) is 9.65. The van der Waals surface area contributed by atoms with Crippen LogP contribution in [-0.4, -0.2) is 11.1 Å². The summed E-state index contributed by atoms with van der Waals surface area (Å²) in [7, 11) is 0. The maximum Gasteiger partial charge on any atom is 0.338 e. The van der Waals surface area contributed by atoms with Gasteiger partial charge in [0.15, 0.2) is 0 Å². The maximum atomic E-state index is 13.3. The van der Waals surface area contributed by atoms with Crippen molar-refractivity contribution in [3.63, 3.8) is 0 Å². The summed E-state index contributed by atoms with van der Waals surface area (Å²) >= 11 is 3.25. The lowest BCUT2D eigenvalue weighted by molar-refractivity contribution is 0.0690. The molecule has 74 valence electrons. The van der Waals surface area contributed by atoms with Crippen LogP contribution in [0, 0.1) is 5.82 Å². The fraction of sp³-hybridized carbons (Fsp3) is 0.300. The summed E-state index contributed by atoms with van der Waals surface area (Å²) in [5, 5.41) is 8.87. The van der Waals surface area contributed by atoms with Gasteiger partial charge in [0.25, 0.3) is 0 Å². The van der Waals surface area contributed by atoms with Crippen molar-refractivity contribution in [1.29, 1.82) is 0 Å². The number of aromatic carboxylic acids is 1. The van der Waals surface area contributed by atoms with Crippen molar-refractivity contribution in [2.24, 2.45) is 0 Å². The van der Waals surface area contributed by atoms with Crippen LogP contribution in [-0.2, 0) is 12.8 Å². The summed E-state index contributed by atoms with van der Waals surface area (Å²) in [4.78, 5) is 10.8. The molecule has 0 amide bonds. The molecular formula is C10H8BrFO2. The minimum atomic E-state index is -1.17. The Hall–Kier alpha value is -0.900. The lowest BCUT2D eigenvalue weighted by Crippen LogP contribution is -2.06. The van der Waals surface area contributed by atoms with Gasteiger partial charge in [-0.25, -0.2) is 9.18 Å². The molecule has 0 fully saturated rings. The summed E-state index contributed by atoms with van der Waals surface area (Å²) in [5.41, 5.74) is 1.45. The Kier molecular flexibility index (Phi) is 2.31. The Morgan fingerprint density at radius 1 is 1.43 bits per heavy atom. The van der Waals surface area contributed by atoms with E-state index in [1.165, 1.54) is 6.07 Å². The third kappa shape index (κ3) is 1.34. The largest absolute Gasteiger partial charge is 0.478 e. The van der Waals surface area contributed by atoms with Crippen molar-refractivity contribution in [2.45, 2.75) is 19.3 Å². The number of halogens is 2. The molecule has 14 heavy (non-hydrogen) atoms. The molecule has 1 aromatic carbocycles. The summed E-state index contributed by atoms with van der Waals surface area (Å²) < 4.78 is 14.0. The minimum Gasteiger partial charge on any atom is -0.478 e. The topological polar surface area (TPSA) is 37.3 Å². The highest BCUT2D eigenvalue weighted by molar-refractivity contribution is 9.10. The number of hydrogen-bond donors (Lipinski definition) is 1. The molecular weight excluding hydrogens is 251 g/mol. The Bertz CT molecular complexity index is 415. The van der Waals surface area contributed by atoms with Crippen molar-refractivity contribution in [1.82, 2.24) is 0 Å². The van der Waals surface area contributed by atoms with Gasteiger partial charge in [0.05, 0.1) is 5.56 Å². The average Bonchev–Trinajstić information content (AvgIpc) is 2.51. The van der Waals surface area contributed by atoms with Crippen molar-refractivity contribution in [2.75, 3.05) is 0 Å². The zero-order valence-electron chi connectivity index (χ0n) is 7.31. The summed E-state index contributed by atoms with van der Waals surface area (Å²) in [6.07, 6.45) is 2.39. The number of carboxylic acid groups (broad SMARTS) is 1. The second-order valence-electron chi connectivity index (χ2n) is 3.33. The first-order valence-corrected chi connectivity index (χ1v) is 5.13. The van der Waals surface area contributed by atoms with E-state index >= 15 is 0 Å². The Morgan fingerprint density at radius 2 is 2.07 bits per heavy atom. The summed E-state index contributed by atoms with van der Waals surface area (Å²) in [5.74, 6) is -1.82. The van der Waals surface area contributed by atoms with Crippen LogP contribution in [0.1, 0.15) is 27.9 Å². The molecule has 0 radical (unpaired) electrons. The smallest absolute Gasteiger partial charge is 0.338 e. The summed E-state index contributed by atoms with van der Waals surface area (Å²) in [6.45, 7) is 0. The SMILES string of the molecule is O=C(O)c1c(F)cc(Br)c2c1CCC2. The van der Waals surface area contributed by atoms with E-state index in [0.29, 0.717) is 16.5 Å². The summed E-state index contributed by atoms with van der Waals surface area (Å²) in [6, 6.07) is 1.24. The molecule has 0 unspecified atom stereocenters. The van der Waals surface area contributed by atoms with E-state index in [1.807, 2.05) is 0 Å². The quantitative estimate of drug-likeness (QED) is 0.841. The van der Waals surface area contributed by atoms with Gasteiger partial charge in [0.2, 0.25) is 0 Å². The first-order valence-electron chi connectivity index (χ1n) is 4.34. The predicted octanol–water partition coefficient (Wildman–Crippen LogP) is 2.78. The molecule has 0 saturated carbocycles. The van der Waals surface area contributed by atoms with E-state index in [0.717, 1.165) is 18.4 Å². The van der Waals surface area contributed by atoms with Crippen LogP contribution < -0.4 is 0 Å². The molecule has 1 aliphatic carbocycles. The lowest BCUT2D eigenvalue weighted by Gasteiger charge is -2.07. The van der Waals surface area contributed by atoms with Crippen LogP contribution in [0.15, 0.2) is 10.5 Å². The second kappa shape index (κ2) is 3.35. The molecule has 0 spiro atoms. The van der Waals surface area contributed by atoms with Crippen LogP contribution in [0.25, 0.3) is 0 Å². The fourth-order valence-corrected chi connectivity index (χ4v) is 2.57. The molecule has 1 N–H and O–H groups in total. The van der Waals surface area contributed by atoms with Gasteiger partial charge in [-0.2, -0.15) is 0 Å². The zero-order valence-corrected chi connectivity index (χ0v) is 8.90. The van der Waals surface area contributed by atoms with Crippen LogP contribution >= 0.6 is 15.9 Å². The second-order valence-corrected chi connectivity index (χ2v) is 4.19. The average molecular weight is 259 g/mol. The molecule has 0 atom stereocenters.